The number of nitrogens with one attached hydrogen (secondary N) is 2. The van der Waals surface area contributed by atoms with E-state index >= 15 is 0 Å². The first-order chi connectivity index (χ1) is 20.5. The van der Waals surface area contributed by atoms with Crippen LogP contribution in [0.1, 0.15) is 82.6 Å². The average molecular weight is 642 g/mol. The first-order valence-electron chi connectivity index (χ1n) is 15.2. The van der Waals surface area contributed by atoms with E-state index in [1.165, 1.54) is 4.90 Å². The molecule has 0 radical (unpaired) electrons. The minimum atomic E-state index is -4.47. The molecule has 2 aliphatic heterocycles. The highest BCUT2D eigenvalue weighted by Gasteiger charge is 2.66. The number of halogens is 3. The van der Waals surface area contributed by atoms with E-state index in [-0.39, 0.29) is 17.5 Å². The van der Waals surface area contributed by atoms with Gasteiger partial charge in [-0.3, -0.25) is 14.2 Å². The molecule has 3 fully saturated rings. The van der Waals surface area contributed by atoms with Crippen molar-refractivity contribution >= 4 is 36.9 Å². The Hall–Kier alpha value is -2.49. The molecule has 1 unspecified atom stereocenters. The normalized spacial score (nSPS) is 30.7. The highest BCUT2D eigenvalue weighted by Crippen LogP contribution is 2.71. The molecule has 43 heavy (non-hydrogen) atoms. The lowest BCUT2D eigenvalue weighted by atomic mass is 10.1. The Morgan fingerprint density at radius 1 is 1.12 bits per heavy atom. The van der Waals surface area contributed by atoms with Crippen LogP contribution >= 0.6 is 19.0 Å². The van der Waals surface area contributed by atoms with Crippen molar-refractivity contribution in [2.75, 3.05) is 6.54 Å². The summed E-state index contributed by atoms with van der Waals surface area (Å²) in [6.45, 7) is 0.291. The van der Waals surface area contributed by atoms with Crippen molar-refractivity contribution < 1.29 is 37.4 Å². The minimum Gasteiger partial charge on any atom is -0.446 e. The van der Waals surface area contributed by atoms with E-state index in [0.717, 1.165) is 50.7 Å². The molecule has 3 amide bonds. The van der Waals surface area contributed by atoms with Crippen molar-refractivity contribution in [3.8, 4) is 0 Å². The molecule has 236 valence electrons. The zero-order chi connectivity index (χ0) is 30.8. The van der Waals surface area contributed by atoms with Crippen molar-refractivity contribution in [3.63, 3.8) is 0 Å². The van der Waals surface area contributed by atoms with Crippen molar-refractivity contribution in [1.29, 1.82) is 0 Å². The second-order valence-electron chi connectivity index (χ2n) is 12.2. The fraction of sp³-hybridized carbons (Fsp3) is 0.633. The minimum absolute atomic E-state index is 0.116. The van der Waals surface area contributed by atoms with E-state index in [2.05, 4.69) is 10.6 Å². The molecule has 13 heteroatoms. The molecule has 1 aromatic rings. The standard InChI is InChI=1S/C30H39ClF2N3O6P/c31-22-14-15-23(32)21(26(22)33)18-43(40,41)30-17-19(30)9-4-2-1-3-5-12-24(34-29(39)42-20-10-6-7-11-20)28(38)36-16-8-13-25(36)27(37)35-30/h4,9,14-15,19-20,24-25H,1-3,5-8,10-13,16-18H2,(H,34,39)(H,35,37)(H,40,41)/b9-4-/t19-,24+,25+,30+/m1/s1. The Morgan fingerprint density at radius 3 is 2.63 bits per heavy atom. The molecule has 3 N–H and O–H groups in total. The topological polar surface area (TPSA) is 125 Å². The molecule has 2 saturated carbocycles. The van der Waals surface area contributed by atoms with E-state index in [1.807, 2.05) is 6.08 Å². The number of rotatable bonds is 5. The van der Waals surface area contributed by atoms with Gasteiger partial charge in [0, 0.05) is 18.0 Å². The summed E-state index contributed by atoms with van der Waals surface area (Å²) < 4.78 is 48.8. The molecule has 0 aromatic heterocycles. The molecule has 0 spiro atoms. The first-order valence-corrected chi connectivity index (χ1v) is 17.5. The van der Waals surface area contributed by atoms with Crippen LogP contribution in [0.15, 0.2) is 24.3 Å². The number of alkyl carbamates (subject to hydrolysis) is 1. The Labute approximate surface area is 255 Å². The van der Waals surface area contributed by atoms with E-state index < -0.39 is 71.9 Å². The predicted molar refractivity (Wildman–Crippen MR) is 156 cm³/mol. The smallest absolute Gasteiger partial charge is 0.408 e. The number of allylic oxidation sites excluding steroid dienone is 1. The Bertz CT molecular complexity index is 1320. The van der Waals surface area contributed by atoms with Crippen LogP contribution in [0.2, 0.25) is 5.02 Å². The second-order valence-corrected chi connectivity index (χ2v) is 15.1. The van der Waals surface area contributed by atoms with Crippen molar-refractivity contribution in [2.24, 2.45) is 5.92 Å². The lowest BCUT2D eigenvalue weighted by Gasteiger charge is -2.31. The summed E-state index contributed by atoms with van der Waals surface area (Å²) in [5.41, 5.74) is -0.608. The fourth-order valence-electron chi connectivity index (χ4n) is 6.64. The van der Waals surface area contributed by atoms with Gasteiger partial charge in [0.15, 0.2) is 0 Å². The molecule has 1 saturated heterocycles. The maximum Gasteiger partial charge on any atom is 0.408 e. The lowest BCUT2D eigenvalue weighted by molar-refractivity contribution is -0.140. The second kappa shape index (κ2) is 13.2. The van der Waals surface area contributed by atoms with Gasteiger partial charge < -0.3 is 25.2 Å². The maximum absolute atomic E-state index is 14.7. The third-order valence-electron chi connectivity index (χ3n) is 9.20. The number of carbonyl (C=O) groups is 3. The highest BCUT2D eigenvalue weighted by atomic mass is 35.5. The number of hydrogen-bond acceptors (Lipinski definition) is 5. The zero-order valence-electron chi connectivity index (χ0n) is 24.0. The Kier molecular flexibility index (Phi) is 9.83. The number of amides is 3. The van der Waals surface area contributed by atoms with Gasteiger partial charge in [-0.25, -0.2) is 13.6 Å². The van der Waals surface area contributed by atoms with Crippen LogP contribution in [-0.2, 0) is 25.1 Å². The number of ether oxygens (including phenoxy) is 1. The van der Waals surface area contributed by atoms with E-state index in [4.69, 9.17) is 16.3 Å². The maximum atomic E-state index is 14.7. The fourth-order valence-corrected chi connectivity index (χ4v) is 9.19. The van der Waals surface area contributed by atoms with Crippen molar-refractivity contribution in [3.05, 3.63) is 46.5 Å². The molecule has 5 rings (SSSR count). The van der Waals surface area contributed by atoms with Crippen molar-refractivity contribution in [2.45, 2.75) is 107 Å². The summed E-state index contributed by atoms with van der Waals surface area (Å²) in [7, 11) is -4.47. The molecule has 4 aliphatic rings. The number of hydrogen-bond donors (Lipinski definition) is 3. The van der Waals surface area contributed by atoms with Gasteiger partial charge in [-0.05, 0) is 76.3 Å². The molecule has 0 bridgehead atoms. The predicted octanol–water partition coefficient (Wildman–Crippen LogP) is 5.77. The van der Waals surface area contributed by atoms with Gasteiger partial charge in [0.1, 0.15) is 35.1 Å². The van der Waals surface area contributed by atoms with Crippen LogP contribution in [0.25, 0.3) is 0 Å². The first kappa shape index (κ1) is 31.9. The molecule has 2 aliphatic carbocycles. The molecular formula is C30H39ClF2N3O6P. The largest absolute Gasteiger partial charge is 0.446 e. The number of carbonyl (C=O) groups excluding carboxylic acids is 3. The summed E-state index contributed by atoms with van der Waals surface area (Å²) in [6.07, 6.45) is 9.88. The molecule has 2 heterocycles. The summed E-state index contributed by atoms with van der Waals surface area (Å²) in [6, 6.07) is 0.179. The van der Waals surface area contributed by atoms with E-state index in [1.54, 1.807) is 6.08 Å². The molecule has 5 atom stereocenters. The number of nitrogens with zero attached hydrogens (tertiary/aromatic N) is 1. The van der Waals surface area contributed by atoms with Crippen LogP contribution in [0, 0.1) is 17.6 Å². The summed E-state index contributed by atoms with van der Waals surface area (Å²) >= 11 is 5.83. The lowest BCUT2D eigenvalue weighted by Crippen LogP contribution is -2.55. The SMILES string of the molecule is O=C(N[C@H]1CCCCC/C=C\[C@@H]2C[C@@]2(P(=O)(O)Cc2c(F)ccc(Cl)c2F)NC(=O)[C@@H]2CCCN2C1=O)OC1CCCC1. The van der Waals surface area contributed by atoms with Gasteiger partial charge in [-0.1, -0.05) is 36.6 Å². The van der Waals surface area contributed by atoms with E-state index in [9.17, 15) is 32.6 Å². The van der Waals surface area contributed by atoms with Crippen LogP contribution in [-0.4, -0.2) is 57.7 Å². The van der Waals surface area contributed by atoms with Gasteiger partial charge in [0.2, 0.25) is 19.2 Å². The van der Waals surface area contributed by atoms with Crippen LogP contribution in [0.3, 0.4) is 0 Å². The molecule has 9 nitrogen and oxygen atoms in total. The van der Waals surface area contributed by atoms with Crippen LogP contribution < -0.4 is 10.6 Å². The van der Waals surface area contributed by atoms with Crippen molar-refractivity contribution in [1.82, 2.24) is 15.5 Å². The summed E-state index contributed by atoms with van der Waals surface area (Å²) in [5, 5.41) is 3.49. The quantitative estimate of drug-likeness (QED) is 0.213. The van der Waals surface area contributed by atoms with E-state index in [0.29, 0.717) is 38.6 Å². The van der Waals surface area contributed by atoms with Gasteiger partial charge in [0.05, 0.1) is 11.2 Å². The van der Waals surface area contributed by atoms with Gasteiger partial charge in [0.25, 0.3) is 0 Å². The average Bonchev–Trinajstić information content (AvgIpc) is 3.30. The van der Waals surface area contributed by atoms with Crippen LogP contribution in [0.4, 0.5) is 13.6 Å². The zero-order valence-corrected chi connectivity index (χ0v) is 25.7. The van der Waals surface area contributed by atoms with Gasteiger partial charge in [-0.2, -0.15) is 0 Å². The Morgan fingerprint density at radius 2 is 1.86 bits per heavy atom. The molecular weight excluding hydrogens is 603 g/mol. The number of fused-ring (bicyclic) bond motifs is 2. The third-order valence-corrected chi connectivity index (χ3v) is 12.1. The summed E-state index contributed by atoms with van der Waals surface area (Å²) in [5.74, 6) is -3.63. The summed E-state index contributed by atoms with van der Waals surface area (Å²) in [4.78, 5) is 53.0. The Balaban J connectivity index is 1.38. The molecule has 1 aromatic carbocycles. The van der Waals surface area contributed by atoms with Crippen LogP contribution in [0.5, 0.6) is 0 Å². The van der Waals surface area contributed by atoms with Gasteiger partial charge >= 0.3 is 6.09 Å². The highest BCUT2D eigenvalue weighted by molar-refractivity contribution is 7.59. The van der Waals surface area contributed by atoms with Gasteiger partial charge in [-0.15, -0.1) is 0 Å². The number of benzene rings is 1. The monoisotopic (exact) mass is 641 g/mol. The third kappa shape index (κ3) is 6.94.